The Labute approximate surface area is 108 Å². The van der Waals surface area contributed by atoms with Gasteiger partial charge in [-0.05, 0) is 26.0 Å². The molecule has 0 radical (unpaired) electrons. The van der Waals surface area contributed by atoms with Gasteiger partial charge in [-0.3, -0.25) is 4.90 Å². The maximum Gasteiger partial charge on any atom is 0.0670 e. The van der Waals surface area contributed by atoms with Gasteiger partial charge < -0.3 is 9.67 Å². The maximum atomic E-state index is 9.78. The first kappa shape index (κ1) is 14.3. The maximum absolute atomic E-state index is 9.78. The number of aromatic nitrogens is 1. The van der Waals surface area contributed by atoms with Crippen molar-refractivity contribution in [2.45, 2.75) is 25.5 Å². The Morgan fingerprint density at radius 3 is 2.88 bits per heavy atom. The van der Waals surface area contributed by atoms with Crippen molar-refractivity contribution in [2.24, 2.45) is 7.05 Å². The van der Waals surface area contributed by atoms with Crippen LogP contribution in [0, 0.1) is 0 Å². The molecule has 1 aromatic heterocycles. The lowest BCUT2D eigenvalue weighted by molar-refractivity contribution is 0.115. The van der Waals surface area contributed by atoms with Gasteiger partial charge in [0.1, 0.15) is 0 Å². The summed E-state index contributed by atoms with van der Waals surface area (Å²) < 4.78 is 2.01. The van der Waals surface area contributed by atoms with Crippen LogP contribution < -0.4 is 0 Å². The lowest BCUT2D eigenvalue weighted by Crippen LogP contribution is -2.29. The topological polar surface area (TPSA) is 28.4 Å². The number of nitrogens with zero attached hydrogens (tertiary/aromatic N) is 2. The third-order valence-electron chi connectivity index (χ3n) is 2.73. The number of likely N-dealkylation sites (N-methyl/N-ethyl adjacent to an activating group) is 1. The largest absolute Gasteiger partial charge is 0.392 e. The molecule has 17 heavy (non-hydrogen) atoms. The molecule has 0 amide bonds. The van der Waals surface area contributed by atoms with Crippen LogP contribution in [0.25, 0.3) is 0 Å². The summed E-state index contributed by atoms with van der Waals surface area (Å²) in [6, 6.07) is 1.95. The fourth-order valence-electron chi connectivity index (χ4n) is 1.83. The van der Waals surface area contributed by atoms with Crippen molar-refractivity contribution in [3.63, 3.8) is 0 Å². The molecule has 1 heterocycles. The van der Waals surface area contributed by atoms with Crippen LogP contribution in [-0.4, -0.2) is 34.3 Å². The Kier molecular flexibility index (Phi) is 5.75. The first-order valence-corrected chi connectivity index (χ1v) is 6.19. The second-order valence-electron chi connectivity index (χ2n) is 4.48. The van der Waals surface area contributed by atoms with Gasteiger partial charge in [0.2, 0.25) is 0 Å². The highest BCUT2D eigenvalue weighted by atomic mass is 35.5. The Balaban J connectivity index is 2.41. The van der Waals surface area contributed by atoms with Gasteiger partial charge in [-0.1, -0.05) is 17.7 Å². The average Bonchev–Trinajstić information content (AvgIpc) is 2.54. The summed E-state index contributed by atoms with van der Waals surface area (Å²) in [6.45, 7) is 5.10. The highest BCUT2D eigenvalue weighted by molar-refractivity contribution is 6.30. The molecule has 1 rings (SSSR count). The number of aryl methyl sites for hydroxylation is 1. The molecule has 0 aliphatic heterocycles. The Hall–Kier alpha value is -0.770. The lowest BCUT2D eigenvalue weighted by atomic mass is 10.2. The molecule has 96 valence electrons. The third-order valence-corrected chi connectivity index (χ3v) is 2.94. The summed E-state index contributed by atoms with van der Waals surface area (Å²) in [5.41, 5.74) is 1.15. The van der Waals surface area contributed by atoms with Crippen molar-refractivity contribution in [2.75, 3.05) is 13.6 Å². The van der Waals surface area contributed by atoms with Gasteiger partial charge in [-0.15, -0.1) is 6.58 Å². The number of aliphatic hydroxyl groups excluding tert-OH is 1. The van der Waals surface area contributed by atoms with Crippen LogP contribution in [0.4, 0.5) is 0 Å². The predicted octanol–water partition coefficient (Wildman–Crippen LogP) is 2.44. The normalized spacial score (nSPS) is 13.0. The molecule has 0 fully saturated rings. The van der Waals surface area contributed by atoms with E-state index in [-0.39, 0.29) is 6.10 Å². The first-order valence-electron chi connectivity index (χ1n) is 5.81. The quantitative estimate of drug-likeness (QED) is 0.759. The summed E-state index contributed by atoms with van der Waals surface area (Å²) in [7, 11) is 3.97. The smallest absolute Gasteiger partial charge is 0.0670 e. The fourth-order valence-corrected chi connectivity index (χ4v) is 2.10. The van der Waals surface area contributed by atoms with Crippen molar-refractivity contribution in [1.29, 1.82) is 0 Å². The SMILES string of the molecule is C=CCCC(O)CN(C)Cc1cc(Cl)cn1C. The summed E-state index contributed by atoms with van der Waals surface area (Å²) >= 11 is 5.92. The van der Waals surface area contributed by atoms with Gasteiger partial charge in [0.05, 0.1) is 11.1 Å². The van der Waals surface area contributed by atoms with Gasteiger partial charge in [-0.2, -0.15) is 0 Å². The number of rotatable bonds is 7. The summed E-state index contributed by atoms with van der Waals surface area (Å²) in [5, 5.41) is 10.5. The molecule has 1 aromatic rings. The molecule has 3 nitrogen and oxygen atoms in total. The second-order valence-corrected chi connectivity index (χ2v) is 4.91. The van der Waals surface area contributed by atoms with E-state index in [0.717, 1.165) is 30.1 Å². The van der Waals surface area contributed by atoms with Crippen molar-refractivity contribution in [3.05, 3.63) is 35.6 Å². The third kappa shape index (κ3) is 4.94. The second kappa shape index (κ2) is 6.84. The van der Waals surface area contributed by atoms with Crippen LogP contribution in [0.15, 0.2) is 24.9 Å². The molecule has 0 saturated heterocycles. The van der Waals surface area contributed by atoms with Crippen molar-refractivity contribution in [3.8, 4) is 0 Å². The van der Waals surface area contributed by atoms with Crippen LogP contribution in [0.1, 0.15) is 18.5 Å². The van der Waals surface area contributed by atoms with Crippen LogP contribution in [0.5, 0.6) is 0 Å². The molecule has 1 atom stereocenters. The predicted molar refractivity (Wildman–Crippen MR) is 72.2 cm³/mol. The van der Waals surface area contributed by atoms with Gasteiger partial charge in [0.15, 0.2) is 0 Å². The zero-order valence-corrected chi connectivity index (χ0v) is 11.3. The minimum Gasteiger partial charge on any atom is -0.392 e. The fraction of sp³-hybridized carbons (Fsp3) is 0.538. The molecular weight excluding hydrogens is 236 g/mol. The molecule has 0 aliphatic rings. The van der Waals surface area contributed by atoms with Crippen LogP contribution in [-0.2, 0) is 13.6 Å². The number of aliphatic hydroxyl groups is 1. The highest BCUT2D eigenvalue weighted by Crippen LogP contribution is 2.14. The van der Waals surface area contributed by atoms with Crippen LogP contribution in [0.2, 0.25) is 5.02 Å². The summed E-state index contributed by atoms with van der Waals surface area (Å²) in [5.74, 6) is 0. The minimum atomic E-state index is -0.297. The van der Waals surface area contributed by atoms with E-state index in [1.165, 1.54) is 0 Å². The molecule has 1 N–H and O–H groups in total. The van der Waals surface area contributed by atoms with E-state index in [0.29, 0.717) is 6.54 Å². The van der Waals surface area contributed by atoms with Crippen LogP contribution >= 0.6 is 11.6 Å². The van der Waals surface area contributed by atoms with Crippen molar-refractivity contribution in [1.82, 2.24) is 9.47 Å². The molecule has 0 spiro atoms. The zero-order chi connectivity index (χ0) is 12.8. The van der Waals surface area contributed by atoms with Gasteiger partial charge in [0, 0.05) is 32.0 Å². The van der Waals surface area contributed by atoms with E-state index in [4.69, 9.17) is 11.6 Å². The zero-order valence-electron chi connectivity index (χ0n) is 10.6. The van der Waals surface area contributed by atoms with E-state index in [9.17, 15) is 5.11 Å². The number of allylic oxidation sites excluding steroid dienone is 1. The molecule has 4 heteroatoms. The van der Waals surface area contributed by atoms with Crippen molar-refractivity contribution < 1.29 is 5.11 Å². The van der Waals surface area contributed by atoms with E-state index >= 15 is 0 Å². The van der Waals surface area contributed by atoms with Gasteiger partial charge in [-0.25, -0.2) is 0 Å². The van der Waals surface area contributed by atoms with E-state index in [1.54, 1.807) is 0 Å². The number of hydrogen-bond donors (Lipinski definition) is 1. The number of hydrogen-bond acceptors (Lipinski definition) is 2. The molecule has 0 aliphatic carbocycles. The Bertz CT molecular complexity index is 362. The van der Waals surface area contributed by atoms with Crippen molar-refractivity contribution >= 4 is 11.6 Å². The highest BCUT2D eigenvalue weighted by Gasteiger charge is 2.10. The minimum absolute atomic E-state index is 0.297. The van der Waals surface area contributed by atoms with Crippen LogP contribution in [0.3, 0.4) is 0 Å². The van der Waals surface area contributed by atoms with E-state index < -0.39 is 0 Å². The Morgan fingerprint density at radius 2 is 2.35 bits per heavy atom. The van der Waals surface area contributed by atoms with E-state index in [1.807, 2.05) is 37.0 Å². The monoisotopic (exact) mass is 256 g/mol. The summed E-state index contributed by atoms with van der Waals surface area (Å²) in [6.07, 6.45) is 5.04. The number of halogens is 1. The molecule has 0 bridgehead atoms. The average molecular weight is 257 g/mol. The van der Waals surface area contributed by atoms with Gasteiger partial charge in [0.25, 0.3) is 0 Å². The molecule has 0 saturated carbocycles. The standard InChI is InChI=1S/C13H21ClN2O/c1-4-5-6-13(17)10-15(2)9-12-7-11(14)8-16(12)3/h4,7-8,13,17H,1,5-6,9-10H2,2-3H3. The first-order chi connectivity index (χ1) is 8.02. The summed E-state index contributed by atoms with van der Waals surface area (Å²) in [4.78, 5) is 2.10. The Morgan fingerprint density at radius 1 is 1.65 bits per heavy atom. The molecule has 1 unspecified atom stereocenters. The van der Waals surface area contributed by atoms with E-state index in [2.05, 4.69) is 11.5 Å². The molecule has 0 aromatic carbocycles. The molecular formula is C13H21ClN2O. The van der Waals surface area contributed by atoms with Gasteiger partial charge >= 0.3 is 0 Å². The lowest BCUT2D eigenvalue weighted by Gasteiger charge is -2.20.